The fraction of sp³-hybridized carbons (Fsp3) is 0.290. The number of aryl methyl sites for hydroxylation is 2. The van der Waals surface area contributed by atoms with Crippen LogP contribution in [0.2, 0.25) is 0 Å². The maximum absolute atomic E-state index is 13.4. The number of aliphatic hydroxyl groups is 1. The number of amides is 1. The van der Waals surface area contributed by atoms with Crippen LogP contribution in [0.25, 0.3) is 5.76 Å². The number of nitrogens with zero attached hydrogens (tertiary/aromatic N) is 1. The molecular weight excluding hydrogens is 466 g/mol. The highest BCUT2D eigenvalue weighted by Gasteiger charge is 2.47. The third-order valence-corrected chi connectivity index (χ3v) is 6.25. The molecule has 1 unspecified atom stereocenters. The van der Waals surface area contributed by atoms with Gasteiger partial charge in [0.2, 0.25) is 0 Å². The Balaban J connectivity index is 1.82. The second-order valence-electron chi connectivity index (χ2n) is 9.70. The van der Waals surface area contributed by atoms with Gasteiger partial charge in [-0.3, -0.25) is 14.5 Å². The zero-order chi connectivity index (χ0) is 26.7. The Labute approximate surface area is 218 Å². The number of anilines is 1. The molecule has 3 aromatic carbocycles. The van der Waals surface area contributed by atoms with Crippen molar-refractivity contribution in [2.24, 2.45) is 5.92 Å². The van der Waals surface area contributed by atoms with E-state index in [1.54, 1.807) is 42.5 Å². The zero-order valence-electron chi connectivity index (χ0n) is 21.9. The van der Waals surface area contributed by atoms with Crippen LogP contribution in [-0.4, -0.2) is 30.0 Å². The van der Waals surface area contributed by atoms with Gasteiger partial charge in [-0.05, 0) is 80.3 Å². The Morgan fingerprint density at radius 1 is 0.973 bits per heavy atom. The molecular formula is C31H33NO5. The summed E-state index contributed by atoms with van der Waals surface area (Å²) in [4.78, 5) is 28.3. The van der Waals surface area contributed by atoms with Gasteiger partial charge in [0.1, 0.15) is 17.3 Å². The standard InChI is InChI=1S/C31H33NO5/c1-6-36-26-15-10-23(17-21(26)5)29(33)27-28(22-9-7-8-20(4)16-22)32(31(35)30(27)34)24-11-13-25(14-12-24)37-18-19(2)3/h7-17,19,28,33H,6,18H2,1-5H3/b29-27-. The topological polar surface area (TPSA) is 76.1 Å². The number of ether oxygens (including phenoxy) is 2. The molecule has 192 valence electrons. The van der Waals surface area contributed by atoms with Gasteiger partial charge >= 0.3 is 0 Å². The summed E-state index contributed by atoms with van der Waals surface area (Å²) in [5.74, 6) is 0.142. The summed E-state index contributed by atoms with van der Waals surface area (Å²) < 4.78 is 11.4. The minimum Gasteiger partial charge on any atom is -0.507 e. The van der Waals surface area contributed by atoms with Crippen LogP contribution in [0.5, 0.6) is 11.5 Å². The van der Waals surface area contributed by atoms with E-state index in [2.05, 4.69) is 13.8 Å². The fourth-order valence-electron chi connectivity index (χ4n) is 4.49. The summed E-state index contributed by atoms with van der Waals surface area (Å²) in [5, 5.41) is 11.4. The summed E-state index contributed by atoms with van der Waals surface area (Å²) in [6.07, 6.45) is 0. The second-order valence-corrected chi connectivity index (χ2v) is 9.70. The van der Waals surface area contributed by atoms with E-state index in [1.165, 1.54) is 4.90 Å². The largest absolute Gasteiger partial charge is 0.507 e. The fourth-order valence-corrected chi connectivity index (χ4v) is 4.49. The number of hydrogen-bond donors (Lipinski definition) is 1. The van der Waals surface area contributed by atoms with E-state index in [0.29, 0.717) is 41.9 Å². The van der Waals surface area contributed by atoms with E-state index >= 15 is 0 Å². The van der Waals surface area contributed by atoms with Crippen molar-refractivity contribution in [3.63, 3.8) is 0 Å². The molecule has 1 amide bonds. The first-order valence-electron chi connectivity index (χ1n) is 12.6. The Morgan fingerprint density at radius 3 is 2.32 bits per heavy atom. The molecule has 3 aromatic rings. The summed E-state index contributed by atoms with van der Waals surface area (Å²) in [6.45, 7) is 11.0. The van der Waals surface area contributed by atoms with Crippen LogP contribution < -0.4 is 14.4 Å². The number of carbonyl (C=O) groups excluding carboxylic acids is 2. The van der Waals surface area contributed by atoms with Gasteiger partial charge in [-0.25, -0.2) is 0 Å². The molecule has 4 rings (SSSR count). The third-order valence-electron chi connectivity index (χ3n) is 6.25. The van der Waals surface area contributed by atoms with Crippen molar-refractivity contribution >= 4 is 23.1 Å². The van der Waals surface area contributed by atoms with Gasteiger partial charge in [0, 0.05) is 11.3 Å². The molecule has 0 saturated carbocycles. The Morgan fingerprint density at radius 2 is 1.70 bits per heavy atom. The van der Waals surface area contributed by atoms with Gasteiger partial charge in [-0.15, -0.1) is 0 Å². The average Bonchev–Trinajstić information content (AvgIpc) is 3.14. The number of Topliss-reactive ketones (excluding diaryl/α,β-unsaturated/α-hetero) is 1. The lowest BCUT2D eigenvalue weighted by atomic mass is 9.94. The van der Waals surface area contributed by atoms with Gasteiger partial charge in [-0.2, -0.15) is 0 Å². The second kappa shape index (κ2) is 10.9. The number of rotatable bonds is 8. The van der Waals surface area contributed by atoms with Gasteiger partial charge in [0.25, 0.3) is 11.7 Å². The number of benzene rings is 3. The highest BCUT2D eigenvalue weighted by Crippen LogP contribution is 2.43. The molecule has 0 spiro atoms. The van der Waals surface area contributed by atoms with E-state index in [1.807, 2.05) is 45.0 Å². The van der Waals surface area contributed by atoms with Crippen molar-refractivity contribution in [2.75, 3.05) is 18.1 Å². The van der Waals surface area contributed by atoms with E-state index < -0.39 is 17.7 Å². The molecule has 0 radical (unpaired) electrons. The number of ketones is 1. The molecule has 37 heavy (non-hydrogen) atoms. The van der Waals surface area contributed by atoms with Crippen molar-refractivity contribution in [1.82, 2.24) is 0 Å². The summed E-state index contributed by atoms with van der Waals surface area (Å²) in [5.41, 5.74) is 3.60. The Bertz CT molecular complexity index is 1340. The van der Waals surface area contributed by atoms with E-state index in [4.69, 9.17) is 9.47 Å². The van der Waals surface area contributed by atoms with Crippen molar-refractivity contribution in [3.05, 3.63) is 94.6 Å². The van der Waals surface area contributed by atoms with Crippen LogP contribution in [0.1, 0.15) is 49.1 Å². The van der Waals surface area contributed by atoms with Crippen LogP contribution in [0.3, 0.4) is 0 Å². The lowest BCUT2D eigenvalue weighted by molar-refractivity contribution is -0.132. The predicted octanol–water partition coefficient (Wildman–Crippen LogP) is 6.36. The van der Waals surface area contributed by atoms with Gasteiger partial charge in [0.05, 0.1) is 24.8 Å². The van der Waals surface area contributed by atoms with Crippen LogP contribution >= 0.6 is 0 Å². The van der Waals surface area contributed by atoms with Crippen molar-refractivity contribution in [3.8, 4) is 11.5 Å². The van der Waals surface area contributed by atoms with Gasteiger partial charge < -0.3 is 14.6 Å². The van der Waals surface area contributed by atoms with Crippen molar-refractivity contribution < 1.29 is 24.2 Å². The van der Waals surface area contributed by atoms with Crippen LogP contribution in [0.4, 0.5) is 5.69 Å². The van der Waals surface area contributed by atoms with Crippen LogP contribution in [0, 0.1) is 19.8 Å². The van der Waals surface area contributed by atoms with E-state index in [9.17, 15) is 14.7 Å². The Hall–Kier alpha value is -4.06. The molecule has 0 aromatic heterocycles. The maximum atomic E-state index is 13.4. The average molecular weight is 500 g/mol. The number of hydrogen-bond acceptors (Lipinski definition) is 5. The maximum Gasteiger partial charge on any atom is 0.300 e. The molecule has 1 N–H and O–H groups in total. The summed E-state index contributed by atoms with van der Waals surface area (Å²) >= 11 is 0. The monoisotopic (exact) mass is 499 g/mol. The number of carbonyl (C=O) groups is 2. The quantitative estimate of drug-likeness (QED) is 0.222. The van der Waals surface area contributed by atoms with E-state index in [0.717, 1.165) is 16.7 Å². The lowest BCUT2D eigenvalue weighted by Crippen LogP contribution is -2.29. The predicted molar refractivity (Wildman–Crippen MR) is 145 cm³/mol. The summed E-state index contributed by atoms with van der Waals surface area (Å²) in [6, 6.07) is 19.2. The first-order chi connectivity index (χ1) is 17.7. The molecule has 1 saturated heterocycles. The number of aliphatic hydroxyl groups excluding tert-OH is 1. The highest BCUT2D eigenvalue weighted by molar-refractivity contribution is 6.51. The molecule has 1 heterocycles. The van der Waals surface area contributed by atoms with Crippen molar-refractivity contribution in [2.45, 2.75) is 40.7 Å². The molecule has 6 heteroatoms. The molecule has 1 aliphatic rings. The Kier molecular flexibility index (Phi) is 7.67. The summed E-state index contributed by atoms with van der Waals surface area (Å²) in [7, 11) is 0. The zero-order valence-corrected chi connectivity index (χ0v) is 21.9. The molecule has 6 nitrogen and oxygen atoms in total. The van der Waals surface area contributed by atoms with Crippen LogP contribution in [0.15, 0.2) is 72.3 Å². The SMILES string of the molecule is CCOc1ccc(/C(O)=C2/C(=O)C(=O)N(c3ccc(OCC(C)C)cc3)C2c2cccc(C)c2)cc1C. The minimum atomic E-state index is -0.783. The smallest absolute Gasteiger partial charge is 0.300 e. The first-order valence-corrected chi connectivity index (χ1v) is 12.6. The lowest BCUT2D eigenvalue weighted by Gasteiger charge is -2.26. The minimum absolute atomic E-state index is 0.0549. The van der Waals surface area contributed by atoms with E-state index in [-0.39, 0.29) is 11.3 Å². The molecule has 0 aliphatic carbocycles. The normalized spacial score (nSPS) is 16.9. The van der Waals surface area contributed by atoms with Gasteiger partial charge in [0.15, 0.2) is 0 Å². The molecule has 0 bridgehead atoms. The van der Waals surface area contributed by atoms with Crippen LogP contribution in [-0.2, 0) is 9.59 Å². The first kappa shape index (κ1) is 26.0. The van der Waals surface area contributed by atoms with Gasteiger partial charge in [-0.1, -0.05) is 43.7 Å². The molecule has 1 fully saturated rings. The molecule has 1 aliphatic heterocycles. The molecule has 1 atom stereocenters. The third kappa shape index (κ3) is 5.38. The highest BCUT2D eigenvalue weighted by atomic mass is 16.5. The van der Waals surface area contributed by atoms with Crippen molar-refractivity contribution in [1.29, 1.82) is 0 Å².